The van der Waals surface area contributed by atoms with E-state index < -0.39 is 11.8 Å². The standard InChI is InChI=1S/C14H12BrN3O2/c1-9-6-7-12(16-8-9)18-14(20)13(19)17-11-5-3-2-4-10(11)15/h2-8H,1H3,(H,17,19)(H,16,18,20). The summed E-state index contributed by atoms with van der Waals surface area (Å²) < 4.78 is 0.703. The quantitative estimate of drug-likeness (QED) is 0.830. The van der Waals surface area contributed by atoms with Gasteiger partial charge in [0.1, 0.15) is 5.82 Å². The molecule has 1 aromatic carbocycles. The third-order valence-electron chi connectivity index (χ3n) is 2.48. The highest BCUT2D eigenvalue weighted by atomic mass is 79.9. The Balaban J connectivity index is 2.01. The average molecular weight is 334 g/mol. The molecule has 0 unspecified atom stereocenters. The van der Waals surface area contributed by atoms with Crippen LogP contribution in [0.1, 0.15) is 5.56 Å². The fourth-order valence-corrected chi connectivity index (χ4v) is 1.84. The molecule has 0 atom stereocenters. The number of nitrogens with zero attached hydrogens (tertiary/aromatic N) is 1. The van der Waals surface area contributed by atoms with Gasteiger partial charge >= 0.3 is 11.8 Å². The van der Waals surface area contributed by atoms with Crippen molar-refractivity contribution in [1.82, 2.24) is 4.98 Å². The first kappa shape index (κ1) is 14.2. The largest absolute Gasteiger partial charge is 0.317 e. The second-order valence-corrected chi connectivity index (χ2v) is 4.96. The Bertz CT molecular complexity index is 641. The number of carbonyl (C=O) groups excluding carboxylic acids is 2. The van der Waals surface area contributed by atoms with Crippen molar-refractivity contribution in [2.75, 3.05) is 10.6 Å². The third kappa shape index (κ3) is 3.64. The van der Waals surface area contributed by atoms with Gasteiger partial charge in [-0.05, 0) is 46.6 Å². The Kier molecular flexibility index (Phi) is 4.47. The van der Waals surface area contributed by atoms with Crippen molar-refractivity contribution in [3.05, 3.63) is 52.6 Å². The Hall–Kier alpha value is -2.21. The fourth-order valence-electron chi connectivity index (χ4n) is 1.46. The first-order valence-corrected chi connectivity index (χ1v) is 6.65. The van der Waals surface area contributed by atoms with Gasteiger partial charge in [-0.2, -0.15) is 0 Å². The fraction of sp³-hybridized carbons (Fsp3) is 0.0714. The maximum Gasteiger partial charge on any atom is 0.315 e. The number of hydrogen-bond acceptors (Lipinski definition) is 3. The van der Waals surface area contributed by atoms with E-state index in [1.807, 2.05) is 13.0 Å². The maximum absolute atomic E-state index is 11.8. The zero-order chi connectivity index (χ0) is 14.5. The molecule has 0 aliphatic carbocycles. The van der Waals surface area contributed by atoms with Crippen LogP contribution in [-0.2, 0) is 9.59 Å². The van der Waals surface area contributed by atoms with Crippen LogP contribution >= 0.6 is 15.9 Å². The smallest absolute Gasteiger partial charge is 0.315 e. The molecule has 2 aromatic rings. The molecule has 2 N–H and O–H groups in total. The summed E-state index contributed by atoms with van der Waals surface area (Å²) in [5.41, 5.74) is 1.50. The molecule has 0 saturated heterocycles. The van der Waals surface area contributed by atoms with Crippen LogP contribution in [0, 0.1) is 6.92 Å². The lowest BCUT2D eigenvalue weighted by Crippen LogP contribution is -2.29. The summed E-state index contributed by atoms with van der Waals surface area (Å²) in [6.45, 7) is 1.89. The Morgan fingerprint density at radius 3 is 2.40 bits per heavy atom. The van der Waals surface area contributed by atoms with Crippen LogP contribution in [0.5, 0.6) is 0 Å². The van der Waals surface area contributed by atoms with Crippen molar-refractivity contribution < 1.29 is 9.59 Å². The summed E-state index contributed by atoms with van der Waals surface area (Å²) in [4.78, 5) is 27.5. The van der Waals surface area contributed by atoms with E-state index in [0.29, 0.717) is 16.0 Å². The van der Waals surface area contributed by atoms with Crippen LogP contribution in [-0.4, -0.2) is 16.8 Å². The van der Waals surface area contributed by atoms with Crippen molar-refractivity contribution >= 4 is 39.2 Å². The second kappa shape index (κ2) is 6.29. The van der Waals surface area contributed by atoms with Crippen LogP contribution < -0.4 is 10.6 Å². The summed E-state index contributed by atoms with van der Waals surface area (Å²) in [5, 5.41) is 4.95. The molecular weight excluding hydrogens is 322 g/mol. The van der Waals surface area contributed by atoms with Crippen molar-refractivity contribution in [1.29, 1.82) is 0 Å². The number of pyridine rings is 1. The van der Waals surface area contributed by atoms with E-state index in [0.717, 1.165) is 5.56 Å². The molecule has 2 rings (SSSR count). The third-order valence-corrected chi connectivity index (χ3v) is 3.17. The number of amides is 2. The van der Waals surface area contributed by atoms with Gasteiger partial charge in [-0.1, -0.05) is 18.2 Å². The Morgan fingerprint density at radius 1 is 1.05 bits per heavy atom. The molecule has 1 heterocycles. The van der Waals surface area contributed by atoms with E-state index in [-0.39, 0.29) is 0 Å². The zero-order valence-electron chi connectivity index (χ0n) is 10.7. The maximum atomic E-state index is 11.8. The monoisotopic (exact) mass is 333 g/mol. The normalized spacial score (nSPS) is 9.90. The summed E-state index contributed by atoms with van der Waals surface area (Å²) in [7, 11) is 0. The van der Waals surface area contributed by atoms with E-state index in [1.54, 1.807) is 36.5 Å². The van der Waals surface area contributed by atoms with Gasteiger partial charge in [-0.3, -0.25) is 9.59 Å². The van der Waals surface area contributed by atoms with E-state index in [9.17, 15) is 9.59 Å². The zero-order valence-corrected chi connectivity index (χ0v) is 12.3. The van der Waals surface area contributed by atoms with Crippen molar-refractivity contribution in [3.63, 3.8) is 0 Å². The number of nitrogens with one attached hydrogen (secondary N) is 2. The van der Waals surface area contributed by atoms with Crippen LogP contribution in [0.3, 0.4) is 0 Å². The topological polar surface area (TPSA) is 71.1 Å². The predicted molar refractivity (Wildman–Crippen MR) is 80.4 cm³/mol. The number of hydrogen-bond donors (Lipinski definition) is 2. The molecule has 1 aromatic heterocycles. The van der Waals surface area contributed by atoms with Gasteiger partial charge in [-0.25, -0.2) is 4.98 Å². The van der Waals surface area contributed by atoms with Gasteiger partial charge in [-0.15, -0.1) is 0 Å². The molecule has 6 heteroatoms. The van der Waals surface area contributed by atoms with E-state index in [4.69, 9.17) is 0 Å². The molecule has 0 bridgehead atoms. The highest BCUT2D eigenvalue weighted by Gasteiger charge is 2.15. The van der Waals surface area contributed by atoms with Gasteiger partial charge < -0.3 is 10.6 Å². The van der Waals surface area contributed by atoms with Crippen molar-refractivity contribution in [2.24, 2.45) is 0 Å². The predicted octanol–water partition coefficient (Wildman–Crippen LogP) is 2.73. The van der Waals surface area contributed by atoms with Gasteiger partial charge in [0, 0.05) is 10.7 Å². The van der Waals surface area contributed by atoms with Crippen molar-refractivity contribution in [3.8, 4) is 0 Å². The van der Waals surface area contributed by atoms with E-state index in [1.165, 1.54) is 0 Å². The van der Waals surface area contributed by atoms with Gasteiger partial charge in [0.05, 0.1) is 5.69 Å². The SMILES string of the molecule is Cc1ccc(NC(=O)C(=O)Nc2ccccc2Br)nc1. The number of aromatic nitrogens is 1. The van der Waals surface area contributed by atoms with Gasteiger partial charge in [0.15, 0.2) is 0 Å². The lowest BCUT2D eigenvalue weighted by atomic mass is 10.3. The molecule has 2 amide bonds. The molecule has 0 aliphatic rings. The Labute approximate surface area is 124 Å². The number of para-hydroxylation sites is 1. The lowest BCUT2D eigenvalue weighted by molar-refractivity contribution is -0.133. The summed E-state index contributed by atoms with van der Waals surface area (Å²) in [6.07, 6.45) is 1.61. The average Bonchev–Trinajstić information content (AvgIpc) is 2.44. The van der Waals surface area contributed by atoms with Crippen LogP contribution in [0.2, 0.25) is 0 Å². The molecule has 0 spiro atoms. The highest BCUT2D eigenvalue weighted by molar-refractivity contribution is 9.10. The first-order chi connectivity index (χ1) is 9.56. The number of carbonyl (C=O) groups is 2. The van der Waals surface area contributed by atoms with Crippen LogP contribution in [0.25, 0.3) is 0 Å². The number of rotatable bonds is 2. The molecule has 5 nitrogen and oxygen atoms in total. The highest BCUT2D eigenvalue weighted by Crippen LogP contribution is 2.21. The molecular formula is C14H12BrN3O2. The molecule has 20 heavy (non-hydrogen) atoms. The van der Waals surface area contributed by atoms with Gasteiger partial charge in [0.25, 0.3) is 0 Å². The molecule has 0 saturated carbocycles. The lowest BCUT2D eigenvalue weighted by Gasteiger charge is -2.07. The number of benzene rings is 1. The molecule has 0 fully saturated rings. The minimum absolute atomic E-state index is 0.336. The molecule has 0 radical (unpaired) electrons. The van der Waals surface area contributed by atoms with Gasteiger partial charge in [0.2, 0.25) is 0 Å². The molecule has 102 valence electrons. The summed E-state index contributed by atoms with van der Waals surface area (Å²) in [5.74, 6) is -1.18. The number of aryl methyl sites for hydroxylation is 1. The minimum Gasteiger partial charge on any atom is -0.317 e. The Morgan fingerprint density at radius 2 is 1.75 bits per heavy atom. The van der Waals surface area contributed by atoms with Crippen molar-refractivity contribution in [2.45, 2.75) is 6.92 Å². The van der Waals surface area contributed by atoms with E-state index in [2.05, 4.69) is 31.5 Å². The molecule has 0 aliphatic heterocycles. The second-order valence-electron chi connectivity index (χ2n) is 4.11. The first-order valence-electron chi connectivity index (χ1n) is 5.86. The van der Waals surface area contributed by atoms with Crippen LogP contribution in [0.15, 0.2) is 47.1 Å². The van der Waals surface area contributed by atoms with E-state index >= 15 is 0 Å². The van der Waals surface area contributed by atoms with Crippen LogP contribution in [0.4, 0.5) is 11.5 Å². The summed E-state index contributed by atoms with van der Waals surface area (Å²) >= 11 is 3.29. The number of anilines is 2. The minimum atomic E-state index is -0.767. The number of halogens is 1. The summed E-state index contributed by atoms with van der Waals surface area (Å²) in [6, 6.07) is 10.5.